The van der Waals surface area contributed by atoms with Gasteiger partial charge in [0.2, 0.25) is 0 Å². The van der Waals surface area contributed by atoms with Crippen LogP contribution in [0.15, 0.2) is 13.5 Å². The van der Waals surface area contributed by atoms with Crippen LogP contribution in [0.1, 0.15) is 28.4 Å². The maximum absolute atomic E-state index is 12.3. The number of fused-ring (bicyclic) bond motifs is 1. The molecule has 0 saturated heterocycles. The van der Waals surface area contributed by atoms with Crippen LogP contribution in [0.5, 0.6) is 0 Å². The summed E-state index contributed by atoms with van der Waals surface area (Å²) in [5, 5.41) is 8.96. The zero-order valence-electron chi connectivity index (χ0n) is 12.5. The van der Waals surface area contributed by atoms with Crippen molar-refractivity contribution in [1.29, 1.82) is 0 Å². The van der Waals surface area contributed by atoms with E-state index in [-0.39, 0.29) is 10.8 Å². The van der Waals surface area contributed by atoms with E-state index in [9.17, 15) is 4.79 Å². The van der Waals surface area contributed by atoms with Crippen molar-refractivity contribution in [2.24, 2.45) is 0 Å². The zero-order valence-corrected chi connectivity index (χ0v) is 15.7. The number of rotatable bonds is 4. The summed E-state index contributed by atoms with van der Waals surface area (Å²) in [6.07, 6.45) is 1.98. The third-order valence-corrected chi connectivity index (χ3v) is 7.48. The van der Waals surface area contributed by atoms with Crippen molar-refractivity contribution in [2.75, 3.05) is 6.26 Å². The molecule has 116 valence electrons. The summed E-state index contributed by atoms with van der Waals surface area (Å²) in [4.78, 5) is 21.8. The second kappa shape index (κ2) is 6.31. The number of aromatic amines is 1. The number of hydrogen-bond acceptors (Lipinski definition) is 8. The first-order valence-corrected chi connectivity index (χ1v) is 10.3. The summed E-state index contributed by atoms with van der Waals surface area (Å²) >= 11 is 6.27. The van der Waals surface area contributed by atoms with E-state index in [0.29, 0.717) is 11.2 Å². The highest BCUT2D eigenvalue weighted by Crippen LogP contribution is 2.37. The molecule has 0 fully saturated rings. The van der Waals surface area contributed by atoms with Crippen molar-refractivity contribution in [3.8, 4) is 0 Å². The molecule has 3 rings (SSSR count). The van der Waals surface area contributed by atoms with Crippen LogP contribution in [0.4, 0.5) is 0 Å². The van der Waals surface area contributed by atoms with Gasteiger partial charge in [-0.15, -0.1) is 21.5 Å². The molecule has 1 N–H and O–H groups in total. The van der Waals surface area contributed by atoms with E-state index in [1.807, 2.05) is 27.0 Å². The van der Waals surface area contributed by atoms with Crippen LogP contribution in [0, 0.1) is 13.8 Å². The summed E-state index contributed by atoms with van der Waals surface area (Å²) in [5.74, 6) is 0.685. The molecule has 3 aromatic heterocycles. The van der Waals surface area contributed by atoms with Crippen molar-refractivity contribution < 1.29 is 0 Å². The molecular weight excluding hydrogens is 356 g/mol. The Morgan fingerprint density at radius 3 is 2.59 bits per heavy atom. The normalized spacial score (nSPS) is 12.9. The Morgan fingerprint density at radius 2 is 1.91 bits per heavy atom. The Labute approximate surface area is 144 Å². The molecule has 5 nitrogen and oxygen atoms in total. The first-order valence-electron chi connectivity index (χ1n) is 6.53. The minimum Gasteiger partial charge on any atom is -0.309 e. The van der Waals surface area contributed by atoms with E-state index < -0.39 is 0 Å². The first-order chi connectivity index (χ1) is 10.5. The number of hydrogen-bond donors (Lipinski definition) is 1. The zero-order chi connectivity index (χ0) is 15.9. The molecule has 0 saturated carbocycles. The topological polar surface area (TPSA) is 71.5 Å². The fourth-order valence-corrected chi connectivity index (χ4v) is 5.67. The van der Waals surface area contributed by atoms with Crippen LogP contribution in [0.25, 0.3) is 10.2 Å². The molecule has 22 heavy (non-hydrogen) atoms. The van der Waals surface area contributed by atoms with Crippen molar-refractivity contribution in [3.63, 3.8) is 0 Å². The lowest BCUT2D eigenvalue weighted by molar-refractivity contribution is 0.912. The van der Waals surface area contributed by atoms with Gasteiger partial charge in [-0.1, -0.05) is 34.9 Å². The van der Waals surface area contributed by atoms with E-state index >= 15 is 0 Å². The molecule has 0 bridgehead atoms. The monoisotopic (exact) mass is 370 g/mol. The molecule has 0 amide bonds. The molecule has 9 heteroatoms. The van der Waals surface area contributed by atoms with Gasteiger partial charge in [0.1, 0.15) is 10.7 Å². The molecule has 0 radical (unpaired) electrons. The molecule has 3 heterocycles. The number of thiophene rings is 1. The Bertz CT molecular complexity index is 882. The lowest BCUT2D eigenvalue weighted by Crippen LogP contribution is -2.12. The van der Waals surface area contributed by atoms with Gasteiger partial charge in [-0.05, 0) is 32.6 Å². The van der Waals surface area contributed by atoms with Gasteiger partial charge in [0, 0.05) is 4.88 Å². The molecule has 0 unspecified atom stereocenters. The highest BCUT2D eigenvalue weighted by atomic mass is 32.2. The van der Waals surface area contributed by atoms with Crippen molar-refractivity contribution in [3.05, 3.63) is 26.6 Å². The largest absolute Gasteiger partial charge is 0.309 e. The highest BCUT2D eigenvalue weighted by Gasteiger charge is 2.17. The smallest absolute Gasteiger partial charge is 0.259 e. The van der Waals surface area contributed by atoms with Gasteiger partial charge in [-0.3, -0.25) is 4.79 Å². The van der Waals surface area contributed by atoms with Crippen LogP contribution in [-0.2, 0) is 0 Å². The molecular formula is C13H14N4OS4. The number of nitrogens with zero attached hydrogens (tertiary/aromatic N) is 3. The van der Waals surface area contributed by atoms with Crippen molar-refractivity contribution in [1.82, 2.24) is 20.2 Å². The number of thioether (sulfide) groups is 2. The average Bonchev–Trinajstić information content (AvgIpc) is 3.04. The lowest BCUT2D eigenvalue weighted by Gasteiger charge is -2.07. The summed E-state index contributed by atoms with van der Waals surface area (Å²) in [6.45, 7) is 6.00. The molecule has 0 aromatic carbocycles. The average molecular weight is 371 g/mol. The molecule has 0 aliphatic rings. The summed E-state index contributed by atoms with van der Waals surface area (Å²) in [6, 6.07) is 0. The van der Waals surface area contributed by atoms with Crippen LogP contribution in [0.2, 0.25) is 0 Å². The van der Waals surface area contributed by atoms with Gasteiger partial charge in [0.25, 0.3) is 5.56 Å². The summed E-state index contributed by atoms with van der Waals surface area (Å²) in [7, 11) is 0. The third kappa shape index (κ3) is 2.94. The second-order valence-electron chi connectivity index (χ2n) is 4.71. The van der Waals surface area contributed by atoms with Gasteiger partial charge >= 0.3 is 0 Å². The minimum absolute atomic E-state index is 0.0162. The molecule has 1 atom stereocenters. The van der Waals surface area contributed by atoms with E-state index in [4.69, 9.17) is 0 Å². The highest BCUT2D eigenvalue weighted by molar-refractivity contribution is 8.03. The van der Waals surface area contributed by atoms with E-state index in [1.54, 1.807) is 46.2 Å². The van der Waals surface area contributed by atoms with E-state index in [1.165, 1.54) is 0 Å². The van der Waals surface area contributed by atoms with Crippen molar-refractivity contribution >= 4 is 56.4 Å². The van der Waals surface area contributed by atoms with E-state index in [2.05, 4.69) is 20.2 Å². The number of H-pyrrole nitrogens is 1. The Balaban J connectivity index is 1.93. The predicted molar refractivity (Wildman–Crippen MR) is 95.7 cm³/mol. The SMILES string of the molecule is CSc1nnc(S[C@H](C)c2nc3sc(C)c(C)c3c(=O)[nH]2)s1. The Hall–Kier alpha value is -0.900. The molecule has 0 spiro atoms. The standard InChI is InChI=1S/C13H14N4OS4/c1-5-6(2)20-11-8(5)10(18)14-9(15-11)7(3)21-13-17-16-12(19-4)22-13/h7H,1-4H3,(H,14,15,18)/t7-/m1/s1. The number of aryl methyl sites for hydroxylation is 2. The summed E-state index contributed by atoms with van der Waals surface area (Å²) in [5.41, 5.74) is 0.964. The minimum atomic E-state index is -0.0589. The lowest BCUT2D eigenvalue weighted by atomic mass is 10.2. The van der Waals surface area contributed by atoms with Crippen LogP contribution >= 0.6 is 46.2 Å². The van der Waals surface area contributed by atoms with Gasteiger partial charge in [0.15, 0.2) is 8.68 Å². The quantitative estimate of drug-likeness (QED) is 0.699. The summed E-state index contributed by atoms with van der Waals surface area (Å²) < 4.78 is 1.83. The third-order valence-electron chi connectivity index (χ3n) is 3.28. The van der Waals surface area contributed by atoms with Crippen LogP contribution in [0.3, 0.4) is 0 Å². The van der Waals surface area contributed by atoms with Gasteiger partial charge in [-0.2, -0.15) is 0 Å². The Morgan fingerprint density at radius 1 is 1.18 bits per heavy atom. The first kappa shape index (κ1) is 16.0. The van der Waals surface area contributed by atoms with Crippen molar-refractivity contribution in [2.45, 2.75) is 34.7 Å². The van der Waals surface area contributed by atoms with E-state index in [0.717, 1.165) is 24.0 Å². The fraction of sp³-hybridized carbons (Fsp3) is 0.385. The second-order valence-corrected chi connectivity index (χ2v) is 9.53. The van der Waals surface area contributed by atoms with Crippen LogP contribution < -0.4 is 5.56 Å². The number of aromatic nitrogens is 4. The molecule has 3 aromatic rings. The maximum atomic E-state index is 12.3. The van der Waals surface area contributed by atoms with Gasteiger partial charge in [-0.25, -0.2) is 4.98 Å². The maximum Gasteiger partial charge on any atom is 0.259 e. The molecule has 0 aliphatic heterocycles. The number of nitrogens with one attached hydrogen (secondary N) is 1. The van der Waals surface area contributed by atoms with Gasteiger partial charge < -0.3 is 4.98 Å². The fourth-order valence-electron chi connectivity index (χ4n) is 2.00. The molecule has 0 aliphatic carbocycles. The van der Waals surface area contributed by atoms with Gasteiger partial charge in [0.05, 0.1) is 10.6 Å². The Kier molecular flexibility index (Phi) is 4.58. The van der Waals surface area contributed by atoms with Crippen LogP contribution in [-0.4, -0.2) is 26.4 Å². The predicted octanol–water partition coefficient (Wildman–Crippen LogP) is 4.03.